The summed E-state index contributed by atoms with van der Waals surface area (Å²) in [6.45, 7) is 3.41. The summed E-state index contributed by atoms with van der Waals surface area (Å²) in [6.07, 6.45) is 4.82. The van der Waals surface area contributed by atoms with Crippen molar-refractivity contribution >= 4 is 69.2 Å². The summed E-state index contributed by atoms with van der Waals surface area (Å²) in [5.74, 6) is 1.91. The summed E-state index contributed by atoms with van der Waals surface area (Å²) in [5.41, 5.74) is 1.88. The highest BCUT2D eigenvalue weighted by Crippen LogP contribution is 2.20. The molecule has 1 aromatic rings. The largest absolute Gasteiger partial charge is 0.356 e. The number of nitrogens with zero attached hydrogens (tertiary/aromatic N) is 1. The molecule has 0 spiro atoms. The molecule has 1 rings (SSSR count). The number of aryl methyl sites for hydroxylation is 1. The van der Waals surface area contributed by atoms with Crippen LogP contribution in [0.5, 0.6) is 0 Å². The molecule has 0 heterocycles. The maximum Gasteiger partial charge on any atom is 0.226 e. The third kappa shape index (κ3) is 11.0. The average Bonchev–Trinajstić information content (AvgIpc) is 2.56. The second kappa shape index (κ2) is 14.7. The van der Waals surface area contributed by atoms with Gasteiger partial charge in [-0.05, 0) is 49.5 Å². The van der Waals surface area contributed by atoms with Gasteiger partial charge in [0.25, 0.3) is 0 Å². The fourth-order valence-electron chi connectivity index (χ4n) is 2.03. The zero-order chi connectivity index (χ0) is 17.8. The lowest BCUT2D eigenvalue weighted by Gasteiger charge is -2.12. The molecule has 0 atom stereocenters. The van der Waals surface area contributed by atoms with Crippen LogP contribution in [-0.4, -0.2) is 44.0 Å². The number of guanidine groups is 1. The molecular formula is C17H28BrIN4OS. The molecule has 25 heavy (non-hydrogen) atoms. The molecule has 5 nitrogen and oxygen atoms in total. The van der Waals surface area contributed by atoms with E-state index in [0.29, 0.717) is 13.0 Å². The molecule has 0 radical (unpaired) electrons. The van der Waals surface area contributed by atoms with E-state index < -0.39 is 0 Å². The SMILES string of the molecule is CN=C(NCCCCSC)NCCC(=O)Nc1cc(Br)ccc1C.I. The van der Waals surface area contributed by atoms with E-state index in [2.05, 4.69) is 43.1 Å². The summed E-state index contributed by atoms with van der Waals surface area (Å²) < 4.78 is 0.951. The fourth-order valence-corrected chi connectivity index (χ4v) is 2.89. The summed E-state index contributed by atoms with van der Waals surface area (Å²) in [4.78, 5) is 16.2. The summed E-state index contributed by atoms with van der Waals surface area (Å²) >= 11 is 5.28. The maximum absolute atomic E-state index is 12.0. The van der Waals surface area contributed by atoms with E-state index in [0.717, 1.165) is 34.6 Å². The van der Waals surface area contributed by atoms with Crippen LogP contribution in [0, 0.1) is 6.92 Å². The first-order valence-corrected chi connectivity index (χ1v) is 10.2. The fraction of sp³-hybridized carbons (Fsp3) is 0.529. The Balaban J connectivity index is 0.00000576. The maximum atomic E-state index is 12.0. The normalized spacial score (nSPS) is 10.8. The van der Waals surface area contributed by atoms with Crippen molar-refractivity contribution < 1.29 is 4.79 Å². The van der Waals surface area contributed by atoms with Gasteiger partial charge in [-0.15, -0.1) is 24.0 Å². The Morgan fingerprint density at radius 3 is 2.64 bits per heavy atom. The molecule has 8 heteroatoms. The van der Waals surface area contributed by atoms with Gasteiger partial charge in [-0.1, -0.05) is 22.0 Å². The molecule has 0 bridgehead atoms. The number of hydrogen-bond acceptors (Lipinski definition) is 3. The first-order valence-electron chi connectivity index (χ1n) is 8.06. The zero-order valence-corrected chi connectivity index (χ0v) is 19.8. The lowest BCUT2D eigenvalue weighted by atomic mass is 10.2. The number of carbonyl (C=O) groups is 1. The van der Waals surface area contributed by atoms with Crippen molar-refractivity contribution in [3.8, 4) is 0 Å². The Kier molecular flexibility index (Phi) is 14.4. The van der Waals surface area contributed by atoms with Gasteiger partial charge in [-0.25, -0.2) is 0 Å². The molecule has 0 aliphatic carbocycles. The number of benzene rings is 1. The zero-order valence-electron chi connectivity index (χ0n) is 15.0. The Labute approximate surface area is 180 Å². The lowest BCUT2D eigenvalue weighted by molar-refractivity contribution is -0.116. The van der Waals surface area contributed by atoms with E-state index in [9.17, 15) is 4.79 Å². The van der Waals surface area contributed by atoms with Crippen molar-refractivity contribution in [3.63, 3.8) is 0 Å². The molecule has 0 aromatic heterocycles. The third-order valence-electron chi connectivity index (χ3n) is 3.41. The second-order valence-corrected chi connectivity index (χ2v) is 7.28. The van der Waals surface area contributed by atoms with Gasteiger partial charge in [-0.3, -0.25) is 9.79 Å². The number of anilines is 1. The van der Waals surface area contributed by atoms with Crippen molar-refractivity contribution in [1.82, 2.24) is 10.6 Å². The van der Waals surface area contributed by atoms with Crippen LogP contribution in [0.2, 0.25) is 0 Å². The van der Waals surface area contributed by atoms with Crippen LogP contribution >= 0.6 is 51.7 Å². The molecule has 0 saturated heterocycles. The highest BCUT2D eigenvalue weighted by Gasteiger charge is 2.06. The number of rotatable bonds is 9. The first-order chi connectivity index (χ1) is 11.6. The van der Waals surface area contributed by atoms with Gasteiger partial charge >= 0.3 is 0 Å². The Hall–Kier alpha value is -0.480. The van der Waals surface area contributed by atoms with Gasteiger partial charge in [0, 0.05) is 36.7 Å². The van der Waals surface area contributed by atoms with Crippen LogP contribution in [0.1, 0.15) is 24.8 Å². The van der Waals surface area contributed by atoms with Gasteiger partial charge < -0.3 is 16.0 Å². The number of thioether (sulfide) groups is 1. The van der Waals surface area contributed by atoms with E-state index in [1.807, 2.05) is 36.9 Å². The van der Waals surface area contributed by atoms with Gasteiger partial charge in [-0.2, -0.15) is 11.8 Å². The molecule has 0 fully saturated rings. The van der Waals surface area contributed by atoms with Crippen molar-refractivity contribution in [3.05, 3.63) is 28.2 Å². The highest BCUT2D eigenvalue weighted by molar-refractivity contribution is 14.0. The monoisotopic (exact) mass is 542 g/mol. The molecule has 0 unspecified atom stereocenters. The van der Waals surface area contributed by atoms with Crippen molar-refractivity contribution in [2.24, 2.45) is 4.99 Å². The Morgan fingerprint density at radius 1 is 1.24 bits per heavy atom. The number of carbonyl (C=O) groups excluding carboxylic acids is 1. The number of amides is 1. The number of hydrogen-bond donors (Lipinski definition) is 3. The predicted molar refractivity (Wildman–Crippen MR) is 125 cm³/mol. The summed E-state index contributed by atoms with van der Waals surface area (Å²) in [5, 5.41) is 9.36. The van der Waals surface area contributed by atoms with Gasteiger partial charge in [0.2, 0.25) is 5.91 Å². The number of nitrogens with one attached hydrogen (secondary N) is 3. The van der Waals surface area contributed by atoms with Crippen molar-refractivity contribution in [2.75, 3.05) is 37.5 Å². The molecule has 3 N–H and O–H groups in total. The minimum atomic E-state index is -0.0147. The smallest absolute Gasteiger partial charge is 0.226 e. The van der Waals surface area contributed by atoms with Crippen LogP contribution in [-0.2, 0) is 4.79 Å². The first kappa shape index (κ1) is 24.5. The van der Waals surface area contributed by atoms with Crippen molar-refractivity contribution in [2.45, 2.75) is 26.2 Å². The van der Waals surface area contributed by atoms with E-state index in [1.54, 1.807) is 7.05 Å². The molecule has 0 aliphatic rings. The standard InChI is InChI=1S/C17H27BrN4OS.HI/c1-13-6-7-14(18)12-15(13)22-16(23)8-10-21-17(19-2)20-9-4-5-11-24-3;/h6-7,12H,4-5,8-11H2,1-3H3,(H,22,23)(H2,19,20,21);1H. The van der Waals surface area contributed by atoms with Crippen LogP contribution in [0.25, 0.3) is 0 Å². The molecule has 1 amide bonds. The van der Waals surface area contributed by atoms with E-state index in [-0.39, 0.29) is 29.9 Å². The molecule has 1 aromatic carbocycles. The van der Waals surface area contributed by atoms with Crippen LogP contribution in [0.3, 0.4) is 0 Å². The van der Waals surface area contributed by atoms with E-state index >= 15 is 0 Å². The van der Waals surface area contributed by atoms with E-state index in [1.165, 1.54) is 12.2 Å². The Morgan fingerprint density at radius 2 is 1.96 bits per heavy atom. The third-order valence-corrected chi connectivity index (χ3v) is 4.60. The van der Waals surface area contributed by atoms with Crippen LogP contribution < -0.4 is 16.0 Å². The van der Waals surface area contributed by atoms with Gasteiger partial charge in [0.15, 0.2) is 5.96 Å². The van der Waals surface area contributed by atoms with Gasteiger partial charge in [0.1, 0.15) is 0 Å². The average molecular weight is 543 g/mol. The number of unbranched alkanes of at least 4 members (excludes halogenated alkanes) is 1. The quantitative estimate of drug-likeness (QED) is 0.191. The lowest BCUT2D eigenvalue weighted by Crippen LogP contribution is -2.39. The number of aliphatic imine (C=N–C) groups is 1. The van der Waals surface area contributed by atoms with Crippen LogP contribution in [0.15, 0.2) is 27.7 Å². The van der Waals surface area contributed by atoms with Crippen molar-refractivity contribution in [1.29, 1.82) is 0 Å². The van der Waals surface area contributed by atoms with Gasteiger partial charge in [0.05, 0.1) is 0 Å². The predicted octanol–water partition coefficient (Wildman–Crippen LogP) is 4.01. The Bertz CT molecular complexity index is 557. The van der Waals surface area contributed by atoms with Crippen LogP contribution in [0.4, 0.5) is 5.69 Å². The highest BCUT2D eigenvalue weighted by atomic mass is 127. The summed E-state index contributed by atoms with van der Waals surface area (Å²) in [7, 11) is 1.74. The molecule has 0 aliphatic heterocycles. The minimum Gasteiger partial charge on any atom is -0.356 e. The molecular weight excluding hydrogens is 515 g/mol. The van der Waals surface area contributed by atoms with E-state index in [4.69, 9.17) is 0 Å². The number of halogens is 2. The molecule has 142 valence electrons. The molecule has 0 saturated carbocycles. The topological polar surface area (TPSA) is 65.5 Å². The minimum absolute atomic E-state index is 0. The summed E-state index contributed by atoms with van der Waals surface area (Å²) in [6, 6.07) is 5.85. The second-order valence-electron chi connectivity index (χ2n) is 5.38.